The van der Waals surface area contributed by atoms with Gasteiger partial charge in [0.05, 0.1) is 19.4 Å². The van der Waals surface area contributed by atoms with Crippen LogP contribution in [-0.4, -0.2) is 34.6 Å². The van der Waals surface area contributed by atoms with E-state index in [1.165, 1.54) is 18.3 Å². The van der Waals surface area contributed by atoms with Crippen LogP contribution in [0.15, 0.2) is 41.0 Å². The molecule has 9 nitrogen and oxygen atoms in total. The molecule has 0 spiro atoms. The molecule has 0 radical (unpaired) electrons. The lowest BCUT2D eigenvalue weighted by Crippen LogP contribution is -2.31. The Labute approximate surface area is 199 Å². The highest BCUT2D eigenvalue weighted by atomic mass is 19.1. The van der Waals surface area contributed by atoms with Crippen LogP contribution in [0.5, 0.6) is 11.5 Å². The van der Waals surface area contributed by atoms with Gasteiger partial charge in [-0.1, -0.05) is 25.5 Å². The minimum absolute atomic E-state index is 0.0118. The van der Waals surface area contributed by atoms with E-state index in [2.05, 4.69) is 4.98 Å². The summed E-state index contributed by atoms with van der Waals surface area (Å²) in [4.78, 5) is 42.8. The van der Waals surface area contributed by atoms with Gasteiger partial charge >= 0.3 is 5.97 Å². The first-order chi connectivity index (χ1) is 16.8. The zero-order valence-corrected chi connectivity index (χ0v) is 19.3. The van der Waals surface area contributed by atoms with Crippen molar-refractivity contribution in [1.29, 1.82) is 0 Å². The number of nitrogens with two attached hydrogens (primary N) is 1. The van der Waals surface area contributed by atoms with Gasteiger partial charge in [-0.25, -0.2) is 9.18 Å². The van der Waals surface area contributed by atoms with Crippen molar-refractivity contribution in [2.75, 3.05) is 13.2 Å². The maximum absolute atomic E-state index is 13.5. The molecule has 1 aliphatic heterocycles. The lowest BCUT2D eigenvalue weighted by atomic mass is 10.0. The van der Waals surface area contributed by atoms with E-state index in [1.807, 2.05) is 6.92 Å². The zero-order chi connectivity index (χ0) is 25.1. The Kier molecular flexibility index (Phi) is 6.81. The maximum Gasteiger partial charge on any atom is 0.347 e. The van der Waals surface area contributed by atoms with Crippen molar-refractivity contribution in [3.05, 3.63) is 69.1 Å². The van der Waals surface area contributed by atoms with E-state index in [9.17, 15) is 18.8 Å². The predicted octanol–water partition coefficient (Wildman–Crippen LogP) is 3.16. The van der Waals surface area contributed by atoms with Crippen molar-refractivity contribution in [1.82, 2.24) is 9.55 Å². The monoisotopic (exact) mass is 481 g/mol. The fourth-order valence-corrected chi connectivity index (χ4v) is 3.74. The summed E-state index contributed by atoms with van der Waals surface area (Å²) in [5.41, 5.74) is 6.05. The summed E-state index contributed by atoms with van der Waals surface area (Å²) < 4.78 is 31.3. The first-order valence-corrected chi connectivity index (χ1v) is 11.2. The number of ether oxygens (including phenoxy) is 3. The van der Waals surface area contributed by atoms with Gasteiger partial charge in [-0.05, 0) is 31.0 Å². The normalized spacial score (nSPS) is 12.1. The smallest absolute Gasteiger partial charge is 0.347 e. The second kappa shape index (κ2) is 9.96. The minimum Gasteiger partial charge on any atom is -0.490 e. The Hall–Kier alpha value is -4.21. The fraction of sp³-hybridized carbons (Fsp3) is 0.280. The Bertz CT molecular complexity index is 1400. The number of unbranched alkanes of at least 4 members (excludes halogenated alkanes) is 1. The molecule has 0 atom stereocenters. The van der Waals surface area contributed by atoms with Crippen LogP contribution < -0.4 is 20.8 Å². The minimum atomic E-state index is -0.902. The van der Waals surface area contributed by atoms with Crippen LogP contribution in [0.1, 0.15) is 48.2 Å². The lowest BCUT2D eigenvalue weighted by Gasteiger charge is -2.23. The predicted molar refractivity (Wildman–Crippen MR) is 126 cm³/mol. The third-order valence-electron chi connectivity index (χ3n) is 5.43. The molecular formula is C25H24FN3O6. The van der Waals surface area contributed by atoms with E-state index < -0.39 is 17.4 Å². The van der Waals surface area contributed by atoms with E-state index in [-0.39, 0.29) is 59.3 Å². The Morgan fingerprint density at radius 2 is 1.94 bits per heavy atom. The number of pyridine rings is 2. The van der Waals surface area contributed by atoms with E-state index in [0.717, 1.165) is 22.8 Å². The van der Waals surface area contributed by atoms with Gasteiger partial charge in [0.1, 0.15) is 16.9 Å². The van der Waals surface area contributed by atoms with Crippen LogP contribution in [0, 0.1) is 5.82 Å². The van der Waals surface area contributed by atoms with Crippen molar-refractivity contribution in [2.24, 2.45) is 5.73 Å². The quantitative estimate of drug-likeness (QED) is 0.368. The summed E-state index contributed by atoms with van der Waals surface area (Å²) in [6.07, 6.45) is 4.41. The van der Waals surface area contributed by atoms with E-state index in [4.69, 9.17) is 19.9 Å². The molecule has 182 valence electrons. The Morgan fingerprint density at radius 1 is 1.20 bits per heavy atom. The van der Waals surface area contributed by atoms with Gasteiger partial charge < -0.3 is 19.9 Å². The van der Waals surface area contributed by atoms with Crippen LogP contribution in [0.25, 0.3) is 17.2 Å². The molecule has 1 aliphatic rings. The zero-order valence-electron chi connectivity index (χ0n) is 19.3. The molecule has 1 amide bonds. The molecule has 10 heteroatoms. The van der Waals surface area contributed by atoms with Crippen molar-refractivity contribution in [3.8, 4) is 11.5 Å². The number of hydrogen-bond acceptors (Lipinski definition) is 7. The van der Waals surface area contributed by atoms with Gasteiger partial charge in [0.25, 0.3) is 11.5 Å². The summed E-state index contributed by atoms with van der Waals surface area (Å²) in [5.74, 6) is -2.28. The first kappa shape index (κ1) is 23.9. The van der Waals surface area contributed by atoms with Crippen molar-refractivity contribution >= 4 is 29.1 Å². The molecule has 4 rings (SSSR count). The second-order valence-corrected chi connectivity index (χ2v) is 7.87. The Balaban J connectivity index is 1.99. The molecule has 3 aromatic rings. The van der Waals surface area contributed by atoms with Crippen molar-refractivity contribution in [2.45, 2.75) is 33.1 Å². The molecule has 0 fully saturated rings. The summed E-state index contributed by atoms with van der Waals surface area (Å²) in [5, 5.41) is 0. The molecule has 0 aliphatic carbocycles. The molecular weight excluding hydrogens is 457 g/mol. The van der Waals surface area contributed by atoms with Crippen LogP contribution in [0.3, 0.4) is 0 Å². The van der Waals surface area contributed by atoms with Gasteiger partial charge in [-0.3, -0.25) is 19.1 Å². The average Bonchev–Trinajstić information content (AvgIpc) is 2.84. The molecule has 0 bridgehead atoms. The van der Waals surface area contributed by atoms with Gasteiger partial charge in [0.2, 0.25) is 5.76 Å². The number of nitrogens with zero attached hydrogens (tertiary/aromatic N) is 2. The van der Waals surface area contributed by atoms with Crippen LogP contribution in [0.4, 0.5) is 4.39 Å². The number of amides is 1. The molecule has 3 heterocycles. The van der Waals surface area contributed by atoms with Crippen molar-refractivity contribution < 1.29 is 28.2 Å². The number of halogens is 1. The third kappa shape index (κ3) is 4.59. The highest BCUT2D eigenvalue weighted by molar-refractivity contribution is 6.03. The fourth-order valence-electron chi connectivity index (χ4n) is 3.74. The SMILES string of the molecule is CCCCOc1c(C(=O)OCC)c(=O)n2c3c(c(Cc4ccc(F)cc4)cnc13)OC(C(N)=O)=C2. The van der Waals surface area contributed by atoms with E-state index in [0.29, 0.717) is 12.0 Å². The number of primary amides is 1. The van der Waals surface area contributed by atoms with Gasteiger partial charge in [-0.2, -0.15) is 0 Å². The first-order valence-electron chi connectivity index (χ1n) is 11.2. The number of hydrogen-bond donors (Lipinski definition) is 1. The molecule has 2 aromatic heterocycles. The molecule has 1 aromatic carbocycles. The van der Waals surface area contributed by atoms with Gasteiger partial charge in [0.15, 0.2) is 17.1 Å². The van der Waals surface area contributed by atoms with Gasteiger partial charge in [0, 0.05) is 18.2 Å². The van der Waals surface area contributed by atoms with E-state index >= 15 is 0 Å². The third-order valence-corrected chi connectivity index (χ3v) is 5.43. The number of carbonyl (C=O) groups is 2. The lowest BCUT2D eigenvalue weighted by molar-refractivity contribution is -0.116. The van der Waals surface area contributed by atoms with Crippen LogP contribution in [-0.2, 0) is 16.0 Å². The number of rotatable bonds is 9. The highest BCUT2D eigenvalue weighted by Crippen LogP contribution is 2.38. The largest absolute Gasteiger partial charge is 0.490 e. The second-order valence-electron chi connectivity index (χ2n) is 7.87. The number of benzene rings is 1. The summed E-state index contributed by atoms with van der Waals surface area (Å²) >= 11 is 0. The number of carbonyl (C=O) groups excluding carboxylic acids is 2. The number of esters is 1. The summed E-state index contributed by atoms with van der Waals surface area (Å²) in [7, 11) is 0. The summed E-state index contributed by atoms with van der Waals surface area (Å²) in [6, 6.07) is 5.87. The molecule has 0 unspecified atom stereocenters. The van der Waals surface area contributed by atoms with Gasteiger partial charge in [-0.15, -0.1) is 0 Å². The maximum atomic E-state index is 13.5. The molecule has 0 saturated carbocycles. The molecule has 35 heavy (non-hydrogen) atoms. The Morgan fingerprint density at radius 3 is 2.60 bits per heavy atom. The number of aromatic nitrogens is 2. The molecule has 2 N–H and O–H groups in total. The highest BCUT2D eigenvalue weighted by Gasteiger charge is 2.31. The molecule has 0 saturated heterocycles. The summed E-state index contributed by atoms with van der Waals surface area (Å²) in [6.45, 7) is 3.89. The van der Waals surface area contributed by atoms with Crippen molar-refractivity contribution in [3.63, 3.8) is 0 Å². The van der Waals surface area contributed by atoms with Crippen LogP contribution >= 0.6 is 0 Å². The van der Waals surface area contributed by atoms with Crippen LogP contribution in [0.2, 0.25) is 0 Å². The van der Waals surface area contributed by atoms with E-state index in [1.54, 1.807) is 19.1 Å². The topological polar surface area (TPSA) is 123 Å². The average molecular weight is 481 g/mol. The standard InChI is InChI=1S/C25H24FN3O6/c1-3-5-10-34-22-18(25(32)33-4-2)24(31)29-13-17(23(27)30)35-21-15(12-28-19(22)20(21)29)11-14-6-8-16(26)9-7-14/h6-9,12-13H,3-5,10-11H2,1-2H3,(H2,27,30).